The van der Waals surface area contributed by atoms with E-state index in [1.807, 2.05) is 66.7 Å². The van der Waals surface area contributed by atoms with E-state index in [0.717, 1.165) is 28.1 Å². The van der Waals surface area contributed by atoms with Gasteiger partial charge in [0.1, 0.15) is 5.75 Å². The molecule has 1 aliphatic rings. The van der Waals surface area contributed by atoms with Crippen molar-refractivity contribution in [2.24, 2.45) is 0 Å². The SMILES string of the molecule is COc1ccc([C@@H]2c3cc(OC)c(OC)cc3CCN2C(=O)NCCC(=O)Nc2ccccc2)cc1. The van der Waals surface area contributed by atoms with E-state index in [4.69, 9.17) is 14.2 Å². The molecule has 3 aromatic rings. The topological polar surface area (TPSA) is 89.1 Å². The van der Waals surface area contributed by atoms with Gasteiger partial charge in [-0.05, 0) is 59.5 Å². The van der Waals surface area contributed by atoms with Crippen LogP contribution >= 0.6 is 0 Å². The second-order valence-corrected chi connectivity index (χ2v) is 8.42. The third kappa shape index (κ3) is 5.54. The maximum atomic E-state index is 13.3. The van der Waals surface area contributed by atoms with Crippen LogP contribution in [-0.4, -0.2) is 51.3 Å². The summed E-state index contributed by atoms with van der Waals surface area (Å²) in [4.78, 5) is 27.4. The summed E-state index contributed by atoms with van der Waals surface area (Å²) < 4.78 is 16.4. The number of carbonyl (C=O) groups excluding carboxylic acids is 2. The summed E-state index contributed by atoms with van der Waals surface area (Å²) in [6.45, 7) is 0.739. The average molecular weight is 490 g/mol. The van der Waals surface area contributed by atoms with Crippen LogP contribution in [0.15, 0.2) is 66.7 Å². The van der Waals surface area contributed by atoms with Crippen molar-refractivity contribution in [3.05, 3.63) is 83.4 Å². The van der Waals surface area contributed by atoms with E-state index in [1.54, 1.807) is 26.2 Å². The number of nitrogens with one attached hydrogen (secondary N) is 2. The Bertz CT molecular complexity index is 1200. The molecule has 0 fully saturated rings. The first-order chi connectivity index (χ1) is 17.5. The summed E-state index contributed by atoms with van der Waals surface area (Å²) in [5.41, 5.74) is 3.74. The molecule has 0 aromatic heterocycles. The van der Waals surface area contributed by atoms with Crippen molar-refractivity contribution in [1.82, 2.24) is 10.2 Å². The van der Waals surface area contributed by atoms with Gasteiger partial charge in [0.15, 0.2) is 11.5 Å². The molecule has 0 radical (unpaired) electrons. The largest absolute Gasteiger partial charge is 0.497 e. The second kappa shape index (κ2) is 11.5. The molecule has 0 bridgehead atoms. The summed E-state index contributed by atoms with van der Waals surface area (Å²) in [6, 6.07) is 20.3. The quantitative estimate of drug-likeness (QED) is 0.490. The molecule has 0 saturated heterocycles. The normalized spacial score (nSPS) is 14.4. The van der Waals surface area contributed by atoms with Gasteiger partial charge in [-0.2, -0.15) is 0 Å². The van der Waals surface area contributed by atoms with Crippen LogP contribution in [0.25, 0.3) is 0 Å². The van der Waals surface area contributed by atoms with E-state index in [9.17, 15) is 9.59 Å². The molecular weight excluding hydrogens is 458 g/mol. The predicted octanol–water partition coefficient (Wildman–Crippen LogP) is 4.40. The van der Waals surface area contributed by atoms with Crippen molar-refractivity contribution in [1.29, 1.82) is 0 Å². The van der Waals surface area contributed by atoms with E-state index >= 15 is 0 Å². The Morgan fingerprint density at radius 1 is 0.917 bits per heavy atom. The molecule has 0 unspecified atom stereocenters. The molecule has 36 heavy (non-hydrogen) atoms. The Morgan fingerprint density at radius 3 is 2.28 bits per heavy atom. The molecule has 1 atom stereocenters. The van der Waals surface area contributed by atoms with Gasteiger partial charge in [0.05, 0.1) is 27.4 Å². The molecule has 3 aromatic carbocycles. The van der Waals surface area contributed by atoms with E-state index in [-0.39, 0.29) is 30.9 Å². The molecule has 4 rings (SSSR count). The van der Waals surface area contributed by atoms with Gasteiger partial charge < -0.3 is 29.7 Å². The minimum absolute atomic E-state index is 0.158. The lowest BCUT2D eigenvalue weighted by Crippen LogP contribution is -2.46. The Morgan fingerprint density at radius 2 is 1.61 bits per heavy atom. The predicted molar refractivity (Wildman–Crippen MR) is 138 cm³/mol. The molecule has 188 valence electrons. The summed E-state index contributed by atoms with van der Waals surface area (Å²) in [5, 5.41) is 5.75. The molecule has 2 N–H and O–H groups in total. The van der Waals surface area contributed by atoms with Crippen LogP contribution in [0.5, 0.6) is 17.2 Å². The zero-order valence-electron chi connectivity index (χ0n) is 20.7. The number of amides is 3. The zero-order valence-corrected chi connectivity index (χ0v) is 20.7. The number of hydrogen-bond acceptors (Lipinski definition) is 5. The van der Waals surface area contributed by atoms with Crippen molar-refractivity contribution in [3.63, 3.8) is 0 Å². The van der Waals surface area contributed by atoms with Gasteiger partial charge in [-0.1, -0.05) is 30.3 Å². The second-order valence-electron chi connectivity index (χ2n) is 8.42. The number of hydrogen-bond donors (Lipinski definition) is 2. The van der Waals surface area contributed by atoms with Crippen LogP contribution in [0.2, 0.25) is 0 Å². The maximum Gasteiger partial charge on any atom is 0.318 e. The van der Waals surface area contributed by atoms with Gasteiger partial charge in [-0.3, -0.25) is 4.79 Å². The van der Waals surface area contributed by atoms with Crippen molar-refractivity contribution in [2.45, 2.75) is 18.9 Å². The number of carbonyl (C=O) groups is 2. The maximum absolute atomic E-state index is 13.3. The first-order valence-corrected chi connectivity index (χ1v) is 11.8. The molecule has 1 heterocycles. The molecule has 0 aliphatic carbocycles. The number of urea groups is 1. The van der Waals surface area contributed by atoms with Crippen molar-refractivity contribution in [2.75, 3.05) is 39.7 Å². The highest BCUT2D eigenvalue weighted by molar-refractivity contribution is 5.91. The smallest absolute Gasteiger partial charge is 0.318 e. The number of benzene rings is 3. The average Bonchev–Trinajstić information content (AvgIpc) is 2.92. The molecule has 8 nitrogen and oxygen atoms in total. The van der Waals surface area contributed by atoms with Crippen LogP contribution in [0, 0.1) is 0 Å². The van der Waals surface area contributed by atoms with Crippen LogP contribution in [-0.2, 0) is 11.2 Å². The summed E-state index contributed by atoms with van der Waals surface area (Å²) >= 11 is 0. The Kier molecular flexibility index (Phi) is 7.95. The highest BCUT2D eigenvalue weighted by Crippen LogP contribution is 2.41. The van der Waals surface area contributed by atoms with Crippen LogP contribution in [0.4, 0.5) is 10.5 Å². The summed E-state index contributed by atoms with van der Waals surface area (Å²) in [7, 11) is 4.83. The van der Waals surface area contributed by atoms with Gasteiger partial charge in [-0.15, -0.1) is 0 Å². The van der Waals surface area contributed by atoms with Gasteiger partial charge in [-0.25, -0.2) is 4.79 Å². The molecule has 0 saturated carbocycles. The van der Waals surface area contributed by atoms with E-state index < -0.39 is 0 Å². The third-order valence-electron chi connectivity index (χ3n) is 6.25. The molecule has 3 amide bonds. The van der Waals surface area contributed by atoms with Crippen LogP contribution in [0.1, 0.15) is 29.2 Å². The molecule has 0 spiro atoms. The summed E-state index contributed by atoms with van der Waals surface area (Å²) in [6.07, 6.45) is 0.841. The Balaban J connectivity index is 1.53. The highest BCUT2D eigenvalue weighted by Gasteiger charge is 2.33. The highest BCUT2D eigenvalue weighted by atomic mass is 16.5. The van der Waals surface area contributed by atoms with E-state index in [0.29, 0.717) is 24.5 Å². The minimum Gasteiger partial charge on any atom is -0.497 e. The lowest BCUT2D eigenvalue weighted by molar-refractivity contribution is -0.116. The number of para-hydroxylation sites is 1. The lowest BCUT2D eigenvalue weighted by Gasteiger charge is -2.38. The molecule has 8 heteroatoms. The lowest BCUT2D eigenvalue weighted by atomic mass is 9.87. The van der Waals surface area contributed by atoms with Gasteiger partial charge in [0, 0.05) is 25.2 Å². The molecule has 1 aliphatic heterocycles. The fourth-order valence-electron chi connectivity index (χ4n) is 4.44. The van der Waals surface area contributed by atoms with Gasteiger partial charge >= 0.3 is 6.03 Å². The van der Waals surface area contributed by atoms with E-state index in [1.165, 1.54) is 0 Å². The van der Waals surface area contributed by atoms with Crippen molar-refractivity contribution >= 4 is 17.6 Å². The van der Waals surface area contributed by atoms with Gasteiger partial charge in [0.2, 0.25) is 5.91 Å². The number of rotatable bonds is 8. The van der Waals surface area contributed by atoms with Crippen LogP contribution < -0.4 is 24.8 Å². The zero-order chi connectivity index (χ0) is 25.5. The first-order valence-electron chi connectivity index (χ1n) is 11.8. The Hall–Kier alpha value is -4.20. The fourth-order valence-corrected chi connectivity index (χ4v) is 4.44. The number of methoxy groups -OCH3 is 3. The molecular formula is C28H31N3O5. The number of anilines is 1. The minimum atomic E-state index is -0.336. The third-order valence-corrected chi connectivity index (χ3v) is 6.25. The number of nitrogens with zero attached hydrogens (tertiary/aromatic N) is 1. The van der Waals surface area contributed by atoms with Crippen molar-refractivity contribution in [3.8, 4) is 17.2 Å². The van der Waals surface area contributed by atoms with E-state index in [2.05, 4.69) is 10.6 Å². The van der Waals surface area contributed by atoms with Crippen LogP contribution in [0.3, 0.4) is 0 Å². The monoisotopic (exact) mass is 489 g/mol. The number of fused-ring (bicyclic) bond motifs is 1. The first kappa shape index (κ1) is 24.9. The standard InChI is InChI=1S/C28H31N3O5/c1-34-22-11-9-19(10-12-22)27-23-18-25(36-3)24(35-2)17-20(23)14-16-31(27)28(33)29-15-13-26(32)30-21-7-5-4-6-8-21/h4-12,17-18,27H,13-16H2,1-3H3,(H,29,33)(H,30,32)/t27-/m1/s1. The van der Waals surface area contributed by atoms with Gasteiger partial charge in [0.25, 0.3) is 0 Å². The fraction of sp³-hybridized carbons (Fsp3) is 0.286. The van der Waals surface area contributed by atoms with Crippen molar-refractivity contribution < 1.29 is 23.8 Å². The Labute approximate surface area is 211 Å². The summed E-state index contributed by atoms with van der Waals surface area (Å²) in [5.74, 6) is 1.85. The number of ether oxygens (including phenoxy) is 3.